The Balaban J connectivity index is 0.00000210. The molecular formula is C28H36Cl2F3N5O. The summed E-state index contributed by atoms with van der Waals surface area (Å²) in [4.78, 5) is 13.3. The molecule has 4 heterocycles. The van der Waals surface area contributed by atoms with Crippen molar-refractivity contribution in [3.8, 4) is 0 Å². The fourth-order valence-corrected chi connectivity index (χ4v) is 5.43. The van der Waals surface area contributed by atoms with Crippen LogP contribution in [-0.4, -0.2) is 76.3 Å². The molecule has 0 amide bonds. The van der Waals surface area contributed by atoms with E-state index in [9.17, 15) is 13.2 Å². The van der Waals surface area contributed by atoms with Crippen LogP contribution in [-0.2, 0) is 17.5 Å². The second-order valence-electron chi connectivity index (χ2n) is 10.1. The first-order chi connectivity index (χ1) is 17.8. The number of alkyl halides is 3. The third kappa shape index (κ3) is 7.52. The Morgan fingerprint density at radius 2 is 1.64 bits per heavy atom. The van der Waals surface area contributed by atoms with Gasteiger partial charge in [0.1, 0.15) is 5.52 Å². The Bertz CT molecular complexity index is 1250. The number of hydrogen-bond donors (Lipinski definition) is 0. The van der Waals surface area contributed by atoms with Gasteiger partial charge in [-0.15, -0.1) is 24.8 Å². The van der Waals surface area contributed by atoms with Crippen LogP contribution in [0, 0.1) is 13.8 Å². The van der Waals surface area contributed by atoms with Gasteiger partial charge in [0.05, 0.1) is 19.8 Å². The maximum absolute atomic E-state index is 13.8. The van der Waals surface area contributed by atoms with E-state index in [-0.39, 0.29) is 37.0 Å². The molecule has 0 saturated carbocycles. The number of nitrogens with zero attached hydrogens (tertiary/aromatic N) is 5. The summed E-state index contributed by atoms with van der Waals surface area (Å²) in [5, 5.41) is 0. The number of likely N-dealkylation sites (tertiary alicyclic amines) is 1. The maximum atomic E-state index is 13.8. The van der Waals surface area contributed by atoms with E-state index in [0.717, 1.165) is 57.1 Å². The molecule has 6 nitrogen and oxygen atoms in total. The van der Waals surface area contributed by atoms with E-state index < -0.39 is 12.0 Å². The number of rotatable bonds is 6. The fourth-order valence-electron chi connectivity index (χ4n) is 5.43. The first-order valence-corrected chi connectivity index (χ1v) is 13.0. The molecule has 2 aliphatic heterocycles. The van der Waals surface area contributed by atoms with E-state index in [1.54, 1.807) is 19.9 Å². The molecule has 5 rings (SSSR count). The van der Waals surface area contributed by atoms with E-state index in [1.807, 2.05) is 24.3 Å². The summed E-state index contributed by atoms with van der Waals surface area (Å²) in [6, 6.07) is 10.1. The van der Waals surface area contributed by atoms with Crippen molar-refractivity contribution >= 4 is 42.1 Å². The zero-order valence-corrected chi connectivity index (χ0v) is 23.9. The van der Waals surface area contributed by atoms with Crippen LogP contribution in [0.5, 0.6) is 0 Å². The topological polar surface area (TPSA) is 46.4 Å². The number of imidazole rings is 1. The molecule has 11 heteroatoms. The molecule has 0 unspecified atom stereocenters. The third-order valence-electron chi connectivity index (χ3n) is 7.39. The Labute approximate surface area is 240 Å². The smallest absolute Gasteiger partial charge is 0.379 e. The average Bonchev–Trinajstić information content (AvgIpc) is 3.25. The molecule has 2 aliphatic rings. The van der Waals surface area contributed by atoms with Gasteiger partial charge >= 0.3 is 6.18 Å². The SMILES string of the molecule is Cc1cc(C)c2nc(C(F)(F)F)n(Cc3ccc(C=CCN4CCC(N5CCOCC5)CC4)cc3)c2n1.Cl.Cl. The van der Waals surface area contributed by atoms with E-state index in [1.165, 1.54) is 17.4 Å². The zero-order valence-electron chi connectivity index (χ0n) is 22.3. The number of halogens is 5. The van der Waals surface area contributed by atoms with Gasteiger partial charge in [0, 0.05) is 31.4 Å². The van der Waals surface area contributed by atoms with Crippen molar-refractivity contribution < 1.29 is 17.9 Å². The number of morpholine rings is 1. The van der Waals surface area contributed by atoms with Crippen molar-refractivity contribution in [2.24, 2.45) is 0 Å². The van der Waals surface area contributed by atoms with Crippen LogP contribution in [0.3, 0.4) is 0 Å². The number of pyridine rings is 1. The molecule has 214 valence electrons. The Morgan fingerprint density at radius 1 is 0.974 bits per heavy atom. The van der Waals surface area contributed by atoms with Gasteiger partial charge in [-0.05, 0) is 62.5 Å². The van der Waals surface area contributed by atoms with Gasteiger partial charge in [-0.1, -0.05) is 36.4 Å². The number of ether oxygens (including phenoxy) is 1. The van der Waals surface area contributed by atoms with Gasteiger partial charge in [-0.2, -0.15) is 13.2 Å². The fraction of sp³-hybridized carbons (Fsp3) is 0.500. The van der Waals surface area contributed by atoms with Crippen molar-refractivity contribution in [2.45, 2.75) is 45.5 Å². The number of benzene rings is 1. The minimum atomic E-state index is -4.56. The second-order valence-corrected chi connectivity index (χ2v) is 10.1. The number of aromatic nitrogens is 3. The van der Waals surface area contributed by atoms with Crippen LogP contribution >= 0.6 is 24.8 Å². The molecule has 0 atom stereocenters. The molecule has 1 aromatic carbocycles. The summed E-state index contributed by atoms with van der Waals surface area (Å²) in [6.45, 7) is 10.5. The third-order valence-corrected chi connectivity index (χ3v) is 7.39. The maximum Gasteiger partial charge on any atom is 0.449 e. The lowest BCUT2D eigenvalue weighted by atomic mass is 10.0. The highest BCUT2D eigenvalue weighted by Gasteiger charge is 2.38. The molecule has 39 heavy (non-hydrogen) atoms. The van der Waals surface area contributed by atoms with E-state index in [2.05, 4.69) is 31.9 Å². The second kappa shape index (κ2) is 13.5. The number of fused-ring (bicyclic) bond motifs is 1. The highest BCUT2D eigenvalue weighted by molar-refractivity contribution is 5.85. The van der Waals surface area contributed by atoms with Crippen LogP contribution in [0.2, 0.25) is 0 Å². The van der Waals surface area contributed by atoms with Crippen molar-refractivity contribution in [2.75, 3.05) is 45.9 Å². The van der Waals surface area contributed by atoms with Crippen LogP contribution in [0.4, 0.5) is 13.2 Å². The molecule has 2 aromatic heterocycles. The van der Waals surface area contributed by atoms with Crippen molar-refractivity contribution in [1.29, 1.82) is 0 Å². The lowest BCUT2D eigenvalue weighted by Crippen LogP contribution is -2.48. The summed E-state index contributed by atoms with van der Waals surface area (Å²) in [7, 11) is 0. The molecule has 0 aliphatic carbocycles. The number of hydrogen-bond acceptors (Lipinski definition) is 5. The Kier molecular flexibility index (Phi) is 10.8. The monoisotopic (exact) mass is 585 g/mol. The van der Waals surface area contributed by atoms with E-state index in [4.69, 9.17) is 4.74 Å². The number of piperidine rings is 1. The van der Waals surface area contributed by atoms with Crippen LogP contribution < -0.4 is 0 Å². The summed E-state index contributed by atoms with van der Waals surface area (Å²) >= 11 is 0. The zero-order chi connectivity index (χ0) is 26.0. The highest BCUT2D eigenvalue weighted by Crippen LogP contribution is 2.32. The van der Waals surface area contributed by atoms with Gasteiger partial charge in [0.25, 0.3) is 0 Å². The normalized spacial score (nSPS) is 17.9. The predicted octanol–water partition coefficient (Wildman–Crippen LogP) is 5.77. The summed E-state index contributed by atoms with van der Waals surface area (Å²) in [6.07, 6.45) is 2.09. The van der Waals surface area contributed by atoms with Crippen molar-refractivity contribution in [1.82, 2.24) is 24.3 Å². The predicted molar refractivity (Wildman–Crippen MR) is 153 cm³/mol. The summed E-state index contributed by atoms with van der Waals surface area (Å²) in [5.74, 6) is -0.912. The van der Waals surface area contributed by atoms with Crippen molar-refractivity contribution in [3.05, 3.63) is 64.6 Å². The Hall–Kier alpha value is -2.17. The van der Waals surface area contributed by atoms with Gasteiger partial charge in [-0.25, -0.2) is 9.97 Å². The minimum absolute atomic E-state index is 0. The molecule has 0 spiro atoms. The first-order valence-electron chi connectivity index (χ1n) is 13.0. The van der Waals surface area contributed by atoms with Crippen molar-refractivity contribution in [3.63, 3.8) is 0 Å². The lowest BCUT2D eigenvalue weighted by Gasteiger charge is -2.39. The van der Waals surface area contributed by atoms with E-state index in [0.29, 0.717) is 22.8 Å². The van der Waals surface area contributed by atoms with Gasteiger partial charge in [-0.3, -0.25) is 9.80 Å². The molecule has 0 radical (unpaired) electrons. The molecule has 0 bridgehead atoms. The van der Waals surface area contributed by atoms with E-state index >= 15 is 0 Å². The van der Waals surface area contributed by atoms with Gasteiger partial charge < -0.3 is 9.30 Å². The first kappa shape index (κ1) is 31.4. The average molecular weight is 587 g/mol. The standard InChI is InChI=1S/C28H34F3N5O.2ClH/c1-20-18-21(2)32-26-25(20)33-27(28(29,30)31)36(26)19-23-7-5-22(6-8-23)4-3-11-34-12-9-24(10-13-34)35-14-16-37-17-15-35;;/h3-8,18,24H,9-17,19H2,1-2H3;2*1H. The molecule has 0 N–H and O–H groups in total. The molecule has 2 fully saturated rings. The summed E-state index contributed by atoms with van der Waals surface area (Å²) in [5.41, 5.74) is 3.73. The molecular weight excluding hydrogens is 550 g/mol. The summed E-state index contributed by atoms with van der Waals surface area (Å²) < 4.78 is 47.9. The quantitative estimate of drug-likeness (QED) is 0.367. The minimum Gasteiger partial charge on any atom is -0.379 e. The Morgan fingerprint density at radius 3 is 2.28 bits per heavy atom. The highest BCUT2D eigenvalue weighted by atomic mass is 35.5. The molecule has 3 aromatic rings. The molecule has 2 saturated heterocycles. The van der Waals surface area contributed by atoms with Crippen LogP contribution in [0.1, 0.15) is 41.1 Å². The van der Waals surface area contributed by atoms with Gasteiger partial charge in [0.2, 0.25) is 5.82 Å². The largest absolute Gasteiger partial charge is 0.449 e. The van der Waals surface area contributed by atoms with Crippen LogP contribution in [0.25, 0.3) is 17.2 Å². The van der Waals surface area contributed by atoms with Gasteiger partial charge in [0.15, 0.2) is 5.65 Å². The lowest BCUT2D eigenvalue weighted by molar-refractivity contribution is -0.146. The van der Waals surface area contributed by atoms with Crippen LogP contribution in [0.15, 0.2) is 36.4 Å². The number of aryl methyl sites for hydroxylation is 2.